The summed E-state index contributed by atoms with van der Waals surface area (Å²) < 4.78 is 11.4. The van der Waals surface area contributed by atoms with Gasteiger partial charge in [0.15, 0.2) is 0 Å². The molecule has 1 unspecified atom stereocenters. The lowest BCUT2D eigenvalue weighted by Crippen LogP contribution is -2.26. The summed E-state index contributed by atoms with van der Waals surface area (Å²) in [5.74, 6) is 0.953. The molecule has 1 saturated heterocycles. The molecule has 2 aliphatic heterocycles. The molecule has 5 nitrogen and oxygen atoms in total. The molecule has 0 bridgehead atoms. The Balaban J connectivity index is 1.30. The van der Waals surface area contributed by atoms with Gasteiger partial charge in [0, 0.05) is 31.8 Å². The van der Waals surface area contributed by atoms with E-state index < -0.39 is 0 Å². The average Bonchev–Trinajstić information content (AvgIpc) is 3.28. The van der Waals surface area contributed by atoms with Gasteiger partial charge in [0.2, 0.25) is 0 Å². The van der Waals surface area contributed by atoms with Crippen LogP contribution in [0.4, 0.5) is 5.69 Å². The Morgan fingerprint density at radius 2 is 1.96 bits per heavy atom. The molecule has 0 radical (unpaired) electrons. The highest BCUT2D eigenvalue weighted by atomic mass is 16.5. The predicted molar refractivity (Wildman–Crippen MR) is 109 cm³/mol. The fourth-order valence-electron chi connectivity index (χ4n) is 3.89. The van der Waals surface area contributed by atoms with Gasteiger partial charge in [-0.2, -0.15) is 0 Å². The fraction of sp³-hybridized carbons (Fsp3) is 0.435. The van der Waals surface area contributed by atoms with Gasteiger partial charge in [-0.3, -0.25) is 4.79 Å². The highest BCUT2D eigenvalue weighted by Crippen LogP contribution is 2.35. The van der Waals surface area contributed by atoms with Gasteiger partial charge >= 0.3 is 0 Å². The molecule has 0 aromatic heterocycles. The second kappa shape index (κ2) is 7.94. The van der Waals surface area contributed by atoms with Gasteiger partial charge in [-0.05, 0) is 61.6 Å². The third-order valence-electron chi connectivity index (χ3n) is 5.20. The molecule has 1 amide bonds. The van der Waals surface area contributed by atoms with Gasteiger partial charge < -0.3 is 20.1 Å². The minimum Gasteiger partial charge on any atom is -0.487 e. The van der Waals surface area contributed by atoms with Crippen molar-refractivity contribution in [3.63, 3.8) is 0 Å². The van der Waals surface area contributed by atoms with E-state index in [9.17, 15) is 4.79 Å². The monoisotopic (exact) mass is 380 g/mol. The van der Waals surface area contributed by atoms with Crippen molar-refractivity contribution >= 4 is 11.6 Å². The molecule has 28 heavy (non-hydrogen) atoms. The van der Waals surface area contributed by atoms with Crippen LogP contribution in [0.15, 0.2) is 42.5 Å². The first-order valence-corrected chi connectivity index (χ1v) is 10.0. The molecule has 0 aliphatic carbocycles. The van der Waals surface area contributed by atoms with Crippen molar-refractivity contribution in [3.8, 4) is 5.75 Å². The molecule has 1 atom stereocenters. The number of rotatable bonds is 6. The van der Waals surface area contributed by atoms with Gasteiger partial charge in [-0.1, -0.05) is 24.3 Å². The Morgan fingerprint density at radius 3 is 2.75 bits per heavy atom. The number of carbonyl (C=O) groups is 1. The van der Waals surface area contributed by atoms with Crippen LogP contribution < -0.4 is 15.4 Å². The summed E-state index contributed by atoms with van der Waals surface area (Å²) in [6.45, 7) is 6.45. The van der Waals surface area contributed by atoms with Crippen molar-refractivity contribution in [1.82, 2.24) is 5.32 Å². The van der Waals surface area contributed by atoms with Crippen LogP contribution in [0.2, 0.25) is 0 Å². The normalized spacial score (nSPS) is 19.9. The summed E-state index contributed by atoms with van der Waals surface area (Å²) in [4.78, 5) is 12.2. The second-order valence-corrected chi connectivity index (χ2v) is 8.28. The molecule has 2 heterocycles. The number of nitrogens with one attached hydrogen (secondary N) is 2. The number of anilines is 1. The van der Waals surface area contributed by atoms with E-state index in [1.165, 1.54) is 11.1 Å². The van der Waals surface area contributed by atoms with Crippen LogP contribution in [0.25, 0.3) is 0 Å². The number of benzene rings is 2. The Morgan fingerprint density at radius 1 is 1.14 bits per heavy atom. The van der Waals surface area contributed by atoms with Gasteiger partial charge in [0.1, 0.15) is 17.5 Å². The Kier molecular flexibility index (Phi) is 5.38. The topological polar surface area (TPSA) is 59.6 Å². The van der Waals surface area contributed by atoms with Crippen molar-refractivity contribution in [2.75, 3.05) is 11.9 Å². The summed E-state index contributed by atoms with van der Waals surface area (Å²) >= 11 is 0. The Labute approximate surface area is 166 Å². The van der Waals surface area contributed by atoms with Gasteiger partial charge in [-0.15, -0.1) is 0 Å². The first-order valence-electron chi connectivity index (χ1n) is 10.0. The highest BCUT2D eigenvalue weighted by Gasteiger charge is 2.29. The van der Waals surface area contributed by atoms with E-state index in [1.54, 1.807) is 0 Å². The first-order chi connectivity index (χ1) is 13.5. The molecular weight excluding hydrogens is 352 g/mol. The quantitative estimate of drug-likeness (QED) is 0.800. The van der Waals surface area contributed by atoms with Crippen molar-refractivity contribution in [3.05, 3.63) is 59.2 Å². The van der Waals surface area contributed by atoms with Gasteiger partial charge in [-0.25, -0.2) is 0 Å². The molecule has 1 fully saturated rings. The van der Waals surface area contributed by atoms with Crippen LogP contribution in [0.1, 0.15) is 43.4 Å². The lowest BCUT2D eigenvalue weighted by Gasteiger charge is -2.16. The molecule has 0 saturated carbocycles. The second-order valence-electron chi connectivity index (χ2n) is 8.28. The van der Waals surface area contributed by atoms with E-state index in [-0.39, 0.29) is 17.6 Å². The highest BCUT2D eigenvalue weighted by molar-refractivity contribution is 5.94. The molecule has 4 rings (SSSR count). The SMILES string of the molecule is CC1(C)Cc2cc(CNCc3cccc(NC(=O)C4CCCO4)c3)ccc2O1. The maximum atomic E-state index is 12.2. The number of carbonyl (C=O) groups excluding carboxylic acids is 1. The van der Waals surface area contributed by atoms with Gasteiger partial charge in [0.05, 0.1) is 0 Å². The minimum absolute atomic E-state index is 0.0501. The summed E-state index contributed by atoms with van der Waals surface area (Å²) in [5, 5.41) is 6.45. The maximum Gasteiger partial charge on any atom is 0.253 e. The van der Waals surface area contributed by atoms with Crippen LogP contribution in [-0.4, -0.2) is 24.2 Å². The Bertz CT molecular complexity index is 857. The van der Waals surface area contributed by atoms with Crippen LogP contribution in [0.3, 0.4) is 0 Å². The molecule has 2 aromatic rings. The third-order valence-corrected chi connectivity index (χ3v) is 5.20. The van der Waals surface area contributed by atoms with Crippen molar-refractivity contribution in [2.45, 2.75) is 57.9 Å². The summed E-state index contributed by atoms with van der Waals surface area (Å²) in [6, 6.07) is 14.4. The predicted octanol–water partition coefficient (Wildman–Crippen LogP) is 3.81. The average molecular weight is 380 g/mol. The zero-order chi connectivity index (χ0) is 19.6. The third kappa shape index (κ3) is 4.54. The fourth-order valence-corrected chi connectivity index (χ4v) is 3.89. The van der Waals surface area contributed by atoms with E-state index in [0.717, 1.165) is 49.4 Å². The lowest BCUT2D eigenvalue weighted by molar-refractivity contribution is -0.124. The summed E-state index contributed by atoms with van der Waals surface area (Å²) in [7, 11) is 0. The number of hydrogen-bond acceptors (Lipinski definition) is 4. The molecule has 2 aromatic carbocycles. The number of amides is 1. The minimum atomic E-state index is -0.310. The van der Waals surface area contributed by atoms with Crippen molar-refractivity contribution < 1.29 is 14.3 Å². The molecular formula is C23H28N2O3. The first kappa shape index (κ1) is 19.0. The van der Waals surface area contributed by atoms with Crippen molar-refractivity contribution in [2.24, 2.45) is 0 Å². The molecule has 148 valence electrons. The zero-order valence-corrected chi connectivity index (χ0v) is 16.6. The van der Waals surface area contributed by atoms with Gasteiger partial charge in [0.25, 0.3) is 5.91 Å². The molecule has 2 N–H and O–H groups in total. The summed E-state index contributed by atoms with van der Waals surface area (Å²) in [6.07, 6.45) is 2.39. The van der Waals surface area contributed by atoms with Crippen LogP contribution in [0, 0.1) is 0 Å². The number of ether oxygens (including phenoxy) is 2. The standard InChI is InChI=1S/C23H28N2O3/c1-23(2)13-18-11-17(8-9-20(18)28-23)15-24-14-16-5-3-6-19(12-16)25-22(26)21-7-4-10-27-21/h3,5-6,8-9,11-12,21,24H,4,7,10,13-15H2,1-2H3,(H,25,26). The van der Waals surface area contributed by atoms with E-state index in [0.29, 0.717) is 6.61 Å². The number of fused-ring (bicyclic) bond motifs is 1. The maximum absolute atomic E-state index is 12.2. The Hall–Kier alpha value is -2.37. The molecule has 5 heteroatoms. The lowest BCUT2D eigenvalue weighted by atomic mass is 10.0. The van der Waals surface area contributed by atoms with Crippen LogP contribution in [0.5, 0.6) is 5.75 Å². The largest absolute Gasteiger partial charge is 0.487 e. The summed E-state index contributed by atoms with van der Waals surface area (Å²) in [5.41, 5.74) is 4.38. The van der Waals surface area contributed by atoms with Crippen molar-refractivity contribution in [1.29, 1.82) is 0 Å². The molecule has 2 aliphatic rings. The van der Waals surface area contributed by atoms with Crippen LogP contribution in [-0.2, 0) is 29.0 Å². The number of hydrogen-bond donors (Lipinski definition) is 2. The smallest absolute Gasteiger partial charge is 0.253 e. The van der Waals surface area contributed by atoms with E-state index in [2.05, 4.69) is 48.7 Å². The van der Waals surface area contributed by atoms with E-state index in [4.69, 9.17) is 9.47 Å². The van der Waals surface area contributed by atoms with E-state index >= 15 is 0 Å². The van der Waals surface area contributed by atoms with E-state index in [1.807, 2.05) is 18.2 Å². The molecule has 0 spiro atoms. The zero-order valence-electron chi connectivity index (χ0n) is 16.6. The van der Waals surface area contributed by atoms with Crippen LogP contribution >= 0.6 is 0 Å².